The Morgan fingerprint density at radius 2 is 1.94 bits per heavy atom. The molecule has 0 aromatic carbocycles. The zero-order chi connectivity index (χ0) is 10.7. The highest BCUT2D eigenvalue weighted by molar-refractivity contribution is 5.85. The Hall–Kier alpha value is -0.840. The molecular weight excluding hydrogens is 224 g/mol. The maximum absolute atomic E-state index is 5.58. The summed E-state index contributed by atoms with van der Waals surface area (Å²) < 4.78 is 0. The number of hydrogen-bond acceptors (Lipinski definition) is 4. The molecule has 2 N–H and O–H groups in total. The highest BCUT2D eigenvalue weighted by atomic mass is 35.5. The molecule has 0 atom stereocenters. The van der Waals surface area contributed by atoms with Gasteiger partial charge in [0, 0.05) is 32.7 Å². The van der Waals surface area contributed by atoms with Gasteiger partial charge < -0.3 is 15.5 Å². The van der Waals surface area contributed by atoms with E-state index < -0.39 is 0 Å². The van der Waals surface area contributed by atoms with Gasteiger partial charge in [-0.1, -0.05) is 6.07 Å². The van der Waals surface area contributed by atoms with Crippen molar-refractivity contribution >= 4 is 18.2 Å². The molecule has 1 aromatic rings. The molecule has 1 aromatic heterocycles. The van der Waals surface area contributed by atoms with Crippen LogP contribution in [0.5, 0.6) is 0 Å². The molecule has 0 amide bonds. The molecule has 1 saturated heterocycles. The van der Waals surface area contributed by atoms with Gasteiger partial charge in [-0.15, -0.1) is 12.4 Å². The lowest BCUT2D eigenvalue weighted by Crippen LogP contribution is -2.44. The number of aromatic nitrogens is 1. The normalized spacial score (nSPS) is 17.0. The van der Waals surface area contributed by atoms with E-state index in [9.17, 15) is 0 Å². The van der Waals surface area contributed by atoms with Crippen molar-refractivity contribution in [2.75, 3.05) is 38.1 Å². The number of likely N-dealkylation sites (N-methyl/N-ethyl adjacent to an activating group) is 1. The first kappa shape index (κ1) is 13.2. The summed E-state index contributed by atoms with van der Waals surface area (Å²) in [5, 5.41) is 0. The standard InChI is InChI=1S/C11H18N4.ClH/c1-14-5-7-15(8-6-14)11-4-2-3-10(9-12)13-11;/h2-4H,5-9,12H2,1H3;1H. The summed E-state index contributed by atoms with van der Waals surface area (Å²) in [4.78, 5) is 9.18. The first-order chi connectivity index (χ1) is 7.29. The maximum Gasteiger partial charge on any atom is 0.128 e. The Morgan fingerprint density at radius 1 is 1.25 bits per heavy atom. The van der Waals surface area contributed by atoms with E-state index in [2.05, 4.69) is 27.9 Å². The Labute approximate surface area is 103 Å². The van der Waals surface area contributed by atoms with Gasteiger partial charge in [-0.3, -0.25) is 0 Å². The number of anilines is 1. The summed E-state index contributed by atoms with van der Waals surface area (Å²) in [5.74, 6) is 1.06. The average Bonchev–Trinajstić information content (AvgIpc) is 2.30. The molecule has 0 aliphatic carbocycles. The minimum Gasteiger partial charge on any atom is -0.354 e. The van der Waals surface area contributed by atoms with E-state index in [1.54, 1.807) is 0 Å². The van der Waals surface area contributed by atoms with Crippen molar-refractivity contribution in [2.45, 2.75) is 6.54 Å². The lowest BCUT2D eigenvalue weighted by Gasteiger charge is -2.33. The molecule has 0 bridgehead atoms. The number of rotatable bonds is 2. The van der Waals surface area contributed by atoms with Gasteiger partial charge in [0.1, 0.15) is 5.82 Å². The highest BCUT2D eigenvalue weighted by Crippen LogP contribution is 2.13. The van der Waals surface area contributed by atoms with Gasteiger partial charge in [-0.2, -0.15) is 0 Å². The highest BCUT2D eigenvalue weighted by Gasteiger charge is 2.14. The first-order valence-electron chi connectivity index (χ1n) is 5.39. The van der Waals surface area contributed by atoms with Crippen LogP contribution in [0.4, 0.5) is 5.82 Å². The number of pyridine rings is 1. The second-order valence-corrected chi connectivity index (χ2v) is 3.98. The van der Waals surface area contributed by atoms with Gasteiger partial charge >= 0.3 is 0 Å². The molecule has 0 radical (unpaired) electrons. The predicted octanol–water partition coefficient (Wildman–Crippen LogP) is 0.714. The Kier molecular flexibility index (Phi) is 4.99. The van der Waals surface area contributed by atoms with Crippen molar-refractivity contribution in [3.63, 3.8) is 0 Å². The molecule has 90 valence electrons. The van der Waals surface area contributed by atoms with Crippen LogP contribution in [0.25, 0.3) is 0 Å². The van der Waals surface area contributed by atoms with E-state index in [1.165, 1.54) is 0 Å². The zero-order valence-corrected chi connectivity index (χ0v) is 10.4. The summed E-state index contributed by atoms with van der Waals surface area (Å²) in [6, 6.07) is 6.06. The van der Waals surface area contributed by atoms with Crippen LogP contribution in [0, 0.1) is 0 Å². The second-order valence-electron chi connectivity index (χ2n) is 3.98. The van der Waals surface area contributed by atoms with Gasteiger partial charge in [0.25, 0.3) is 0 Å². The fraction of sp³-hybridized carbons (Fsp3) is 0.545. The van der Waals surface area contributed by atoms with Crippen molar-refractivity contribution < 1.29 is 0 Å². The van der Waals surface area contributed by atoms with Crippen LogP contribution in [0.1, 0.15) is 5.69 Å². The third-order valence-electron chi connectivity index (χ3n) is 2.83. The third kappa shape index (κ3) is 3.07. The van der Waals surface area contributed by atoms with Crippen molar-refractivity contribution in [3.05, 3.63) is 23.9 Å². The first-order valence-corrected chi connectivity index (χ1v) is 5.39. The van der Waals surface area contributed by atoms with Crippen LogP contribution in [0.3, 0.4) is 0 Å². The smallest absolute Gasteiger partial charge is 0.128 e. The van der Waals surface area contributed by atoms with Crippen LogP contribution in [-0.2, 0) is 6.54 Å². The molecule has 1 aliphatic heterocycles. The monoisotopic (exact) mass is 242 g/mol. The molecule has 2 heterocycles. The number of hydrogen-bond donors (Lipinski definition) is 1. The fourth-order valence-electron chi connectivity index (χ4n) is 1.79. The molecule has 16 heavy (non-hydrogen) atoms. The summed E-state index contributed by atoms with van der Waals surface area (Å²) in [6.07, 6.45) is 0. The summed E-state index contributed by atoms with van der Waals surface area (Å²) in [5.41, 5.74) is 6.55. The fourth-order valence-corrected chi connectivity index (χ4v) is 1.79. The van der Waals surface area contributed by atoms with E-state index in [4.69, 9.17) is 5.73 Å². The molecule has 2 rings (SSSR count). The van der Waals surface area contributed by atoms with Crippen LogP contribution in [-0.4, -0.2) is 43.1 Å². The third-order valence-corrected chi connectivity index (χ3v) is 2.83. The maximum atomic E-state index is 5.58. The Bertz CT molecular complexity index is 324. The largest absolute Gasteiger partial charge is 0.354 e. The molecule has 1 aliphatic rings. The number of nitrogens with zero attached hydrogens (tertiary/aromatic N) is 3. The Morgan fingerprint density at radius 3 is 2.56 bits per heavy atom. The minimum atomic E-state index is 0. The number of piperazine rings is 1. The lowest BCUT2D eigenvalue weighted by atomic mass is 10.3. The van der Waals surface area contributed by atoms with E-state index in [-0.39, 0.29) is 12.4 Å². The number of nitrogens with two attached hydrogens (primary N) is 1. The van der Waals surface area contributed by atoms with E-state index in [1.807, 2.05) is 12.1 Å². The molecule has 0 saturated carbocycles. The van der Waals surface area contributed by atoms with Crippen LogP contribution in [0.2, 0.25) is 0 Å². The zero-order valence-electron chi connectivity index (χ0n) is 9.59. The van der Waals surface area contributed by atoms with Gasteiger partial charge in [0.05, 0.1) is 5.69 Å². The van der Waals surface area contributed by atoms with Crippen LogP contribution < -0.4 is 10.6 Å². The summed E-state index contributed by atoms with van der Waals surface area (Å²) in [7, 11) is 2.15. The van der Waals surface area contributed by atoms with Crippen molar-refractivity contribution in [1.82, 2.24) is 9.88 Å². The quantitative estimate of drug-likeness (QED) is 0.830. The van der Waals surface area contributed by atoms with Crippen molar-refractivity contribution in [3.8, 4) is 0 Å². The summed E-state index contributed by atoms with van der Waals surface area (Å²) in [6.45, 7) is 4.83. The van der Waals surface area contributed by atoms with Crippen LogP contribution >= 0.6 is 12.4 Å². The molecule has 1 fully saturated rings. The van der Waals surface area contributed by atoms with Gasteiger partial charge in [-0.05, 0) is 19.2 Å². The van der Waals surface area contributed by atoms with Gasteiger partial charge in [0.2, 0.25) is 0 Å². The SMILES string of the molecule is CN1CCN(c2cccc(CN)n2)CC1.Cl. The minimum absolute atomic E-state index is 0. The number of halogens is 1. The van der Waals surface area contributed by atoms with Gasteiger partial charge in [0.15, 0.2) is 0 Å². The average molecular weight is 243 g/mol. The lowest BCUT2D eigenvalue weighted by molar-refractivity contribution is 0.312. The van der Waals surface area contributed by atoms with Crippen molar-refractivity contribution in [2.24, 2.45) is 5.73 Å². The second kappa shape index (κ2) is 6.03. The molecule has 5 heteroatoms. The van der Waals surface area contributed by atoms with Crippen LogP contribution in [0.15, 0.2) is 18.2 Å². The Balaban J connectivity index is 0.00000128. The topological polar surface area (TPSA) is 45.4 Å². The van der Waals surface area contributed by atoms with Gasteiger partial charge in [-0.25, -0.2) is 4.98 Å². The molecule has 0 spiro atoms. The van der Waals surface area contributed by atoms with E-state index in [0.29, 0.717) is 6.54 Å². The molecular formula is C11H19ClN4. The van der Waals surface area contributed by atoms with E-state index >= 15 is 0 Å². The summed E-state index contributed by atoms with van der Waals surface area (Å²) >= 11 is 0. The predicted molar refractivity (Wildman–Crippen MR) is 69.1 cm³/mol. The molecule has 0 unspecified atom stereocenters. The van der Waals surface area contributed by atoms with E-state index in [0.717, 1.165) is 37.7 Å². The van der Waals surface area contributed by atoms with Crippen molar-refractivity contribution in [1.29, 1.82) is 0 Å². The molecule has 4 nitrogen and oxygen atoms in total.